The van der Waals surface area contributed by atoms with Gasteiger partial charge in [0.05, 0.1) is 12.0 Å². The molecule has 1 aromatic heterocycles. The van der Waals surface area contributed by atoms with Crippen LogP contribution < -0.4 is 9.64 Å². The van der Waals surface area contributed by atoms with E-state index in [1.54, 1.807) is 18.8 Å². The summed E-state index contributed by atoms with van der Waals surface area (Å²) in [7, 11) is 3.46. The van der Waals surface area contributed by atoms with Gasteiger partial charge in [0.15, 0.2) is 0 Å². The summed E-state index contributed by atoms with van der Waals surface area (Å²) >= 11 is 0. The summed E-state index contributed by atoms with van der Waals surface area (Å²) in [6.45, 7) is 6.14. The average Bonchev–Trinajstić information content (AvgIpc) is 2.84. The molecule has 2 aromatic rings. The maximum absolute atomic E-state index is 11.6. The molecular weight excluding hydrogens is 346 g/mol. The third kappa shape index (κ3) is 4.21. The van der Waals surface area contributed by atoms with E-state index in [9.17, 15) is 10.1 Å². The SMILES string of the molecule is CCc1nn(C)c(N2CCCN(Cc3ccc(OC)cc3)CC2)c1[N+](=O)[O-]. The Morgan fingerprint density at radius 3 is 2.56 bits per heavy atom. The summed E-state index contributed by atoms with van der Waals surface area (Å²) in [4.78, 5) is 15.8. The van der Waals surface area contributed by atoms with Crippen molar-refractivity contribution in [3.05, 3.63) is 45.6 Å². The molecule has 1 saturated heterocycles. The van der Waals surface area contributed by atoms with Gasteiger partial charge in [-0.3, -0.25) is 15.0 Å². The van der Waals surface area contributed by atoms with Crippen molar-refractivity contribution in [2.24, 2.45) is 7.05 Å². The maximum Gasteiger partial charge on any atom is 0.334 e. The number of rotatable bonds is 6. The van der Waals surface area contributed by atoms with Gasteiger partial charge < -0.3 is 9.64 Å². The molecule has 1 fully saturated rings. The van der Waals surface area contributed by atoms with E-state index in [0.29, 0.717) is 17.9 Å². The molecule has 8 nitrogen and oxygen atoms in total. The molecule has 146 valence electrons. The topological polar surface area (TPSA) is 76.7 Å². The lowest BCUT2D eigenvalue weighted by Crippen LogP contribution is -2.31. The number of aryl methyl sites for hydroxylation is 2. The molecule has 1 aliphatic heterocycles. The van der Waals surface area contributed by atoms with Crippen molar-refractivity contribution in [2.45, 2.75) is 26.3 Å². The third-order valence-corrected chi connectivity index (χ3v) is 5.03. The van der Waals surface area contributed by atoms with Crippen molar-refractivity contribution in [1.29, 1.82) is 0 Å². The first-order valence-electron chi connectivity index (χ1n) is 9.34. The van der Waals surface area contributed by atoms with E-state index in [1.165, 1.54) is 5.56 Å². The molecular formula is C19H27N5O3. The highest BCUT2D eigenvalue weighted by Crippen LogP contribution is 2.32. The van der Waals surface area contributed by atoms with Crippen LogP contribution in [0.5, 0.6) is 5.75 Å². The molecule has 0 radical (unpaired) electrons. The van der Waals surface area contributed by atoms with Crippen LogP contribution in [0.3, 0.4) is 0 Å². The lowest BCUT2D eigenvalue weighted by Gasteiger charge is -2.23. The number of nitro groups is 1. The number of anilines is 1. The number of benzene rings is 1. The molecule has 2 heterocycles. The van der Waals surface area contributed by atoms with E-state index < -0.39 is 0 Å². The standard InChI is InChI=1S/C19H27N5O3/c1-4-17-18(24(25)26)19(21(2)20-17)23-11-5-10-22(12-13-23)14-15-6-8-16(27-3)9-7-15/h6-9H,4-5,10-14H2,1-3H3. The number of hydrogen-bond donors (Lipinski definition) is 0. The smallest absolute Gasteiger partial charge is 0.334 e. The largest absolute Gasteiger partial charge is 0.497 e. The number of aromatic nitrogens is 2. The Balaban J connectivity index is 1.71. The molecule has 0 spiro atoms. The van der Waals surface area contributed by atoms with Gasteiger partial charge in [-0.2, -0.15) is 5.10 Å². The van der Waals surface area contributed by atoms with Crippen molar-refractivity contribution in [3.8, 4) is 5.75 Å². The van der Waals surface area contributed by atoms with Crippen LogP contribution in [0.1, 0.15) is 24.6 Å². The first-order valence-corrected chi connectivity index (χ1v) is 9.34. The Hall–Kier alpha value is -2.61. The quantitative estimate of drug-likeness (QED) is 0.572. The highest BCUT2D eigenvalue weighted by molar-refractivity contribution is 5.61. The summed E-state index contributed by atoms with van der Waals surface area (Å²) in [6.07, 6.45) is 1.52. The molecule has 0 atom stereocenters. The van der Waals surface area contributed by atoms with Gasteiger partial charge in [-0.05, 0) is 30.5 Å². The number of hydrogen-bond acceptors (Lipinski definition) is 6. The molecule has 3 rings (SSSR count). The highest BCUT2D eigenvalue weighted by atomic mass is 16.6. The zero-order chi connectivity index (χ0) is 19.4. The predicted molar refractivity (Wildman–Crippen MR) is 104 cm³/mol. The molecule has 8 heteroatoms. The highest BCUT2D eigenvalue weighted by Gasteiger charge is 2.30. The Morgan fingerprint density at radius 2 is 1.93 bits per heavy atom. The van der Waals surface area contributed by atoms with Gasteiger partial charge in [0.25, 0.3) is 0 Å². The van der Waals surface area contributed by atoms with Gasteiger partial charge >= 0.3 is 5.69 Å². The second kappa shape index (κ2) is 8.39. The van der Waals surface area contributed by atoms with Crippen molar-refractivity contribution in [1.82, 2.24) is 14.7 Å². The first-order chi connectivity index (χ1) is 13.0. The van der Waals surface area contributed by atoms with Crippen LogP contribution in [0.4, 0.5) is 11.5 Å². The summed E-state index contributed by atoms with van der Waals surface area (Å²) < 4.78 is 6.87. The molecule has 0 saturated carbocycles. The molecule has 0 unspecified atom stereocenters. The number of methoxy groups -OCH3 is 1. The Morgan fingerprint density at radius 1 is 1.19 bits per heavy atom. The zero-order valence-corrected chi connectivity index (χ0v) is 16.2. The van der Waals surface area contributed by atoms with Crippen LogP contribution in [-0.2, 0) is 20.0 Å². The lowest BCUT2D eigenvalue weighted by atomic mass is 10.2. The normalized spacial score (nSPS) is 15.6. The van der Waals surface area contributed by atoms with E-state index in [0.717, 1.165) is 44.9 Å². The second-order valence-corrected chi connectivity index (χ2v) is 6.82. The minimum atomic E-state index is -0.290. The Kier molecular flexibility index (Phi) is 5.95. The van der Waals surface area contributed by atoms with Gasteiger partial charge in [0.2, 0.25) is 5.82 Å². The van der Waals surface area contributed by atoms with Crippen molar-refractivity contribution >= 4 is 11.5 Å². The fraction of sp³-hybridized carbons (Fsp3) is 0.526. The Bertz CT molecular complexity index is 787. The number of nitrogens with zero attached hydrogens (tertiary/aromatic N) is 5. The molecule has 0 bridgehead atoms. The van der Waals surface area contributed by atoms with Crippen LogP contribution >= 0.6 is 0 Å². The lowest BCUT2D eigenvalue weighted by molar-refractivity contribution is -0.384. The van der Waals surface area contributed by atoms with E-state index in [1.807, 2.05) is 19.1 Å². The van der Waals surface area contributed by atoms with Crippen LogP contribution in [0, 0.1) is 10.1 Å². The van der Waals surface area contributed by atoms with Gasteiger partial charge in [-0.1, -0.05) is 19.1 Å². The first kappa shape index (κ1) is 19.2. The summed E-state index contributed by atoms with van der Waals surface area (Å²) in [5.41, 5.74) is 1.95. The monoisotopic (exact) mass is 373 g/mol. The summed E-state index contributed by atoms with van der Waals surface area (Å²) in [6, 6.07) is 8.12. The van der Waals surface area contributed by atoms with E-state index in [2.05, 4.69) is 27.0 Å². The summed E-state index contributed by atoms with van der Waals surface area (Å²) in [5, 5.41) is 16.0. The average molecular weight is 373 g/mol. The maximum atomic E-state index is 11.6. The fourth-order valence-electron chi connectivity index (χ4n) is 3.67. The van der Waals surface area contributed by atoms with E-state index in [4.69, 9.17) is 4.74 Å². The fourth-order valence-corrected chi connectivity index (χ4v) is 3.67. The van der Waals surface area contributed by atoms with Crippen molar-refractivity contribution in [3.63, 3.8) is 0 Å². The molecule has 0 amide bonds. The van der Waals surface area contributed by atoms with Crippen LogP contribution in [0.15, 0.2) is 24.3 Å². The predicted octanol–water partition coefficient (Wildman–Crippen LogP) is 2.61. The van der Waals surface area contributed by atoms with Gasteiger partial charge in [0, 0.05) is 39.8 Å². The van der Waals surface area contributed by atoms with Crippen molar-refractivity contribution < 1.29 is 9.66 Å². The van der Waals surface area contributed by atoms with Crippen LogP contribution in [0.2, 0.25) is 0 Å². The molecule has 0 aliphatic carbocycles. The zero-order valence-electron chi connectivity index (χ0n) is 16.2. The molecule has 1 aliphatic rings. The van der Waals surface area contributed by atoms with Gasteiger partial charge in [0.1, 0.15) is 11.4 Å². The van der Waals surface area contributed by atoms with Crippen molar-refractivity contribution in [2.75, 3.05) is 38.2 Å². The molecule has 27 heavy (non-hydrogen) atoms. The van der Waals surface area contributed by atoms with E-state index >= 15 is 0 Å². The minimum absolute atomic E-state index is 0.156. The number of ether oxygens (including phenoxy) is 1. The summed E-state index contributed by atoms with van der Waals surface area (Å²) in [5.74, 6) is 1.49. The van der Waals surface area contributed by atoms with Gasteiger partial charge in [-0.15, -0.1) is 0 Å². The van der Waals surface area contributed by atoms with E-state index in [-0.39, 0.29) is 10.6 Å². The molecule has 0 N–H and O–H groups in total. The second-order valence-electron chi connectivity index (χ2n) is 6.82. The van der Waals surface area contributed by atoms with Crippen LogP contribution in [-0.4, -0.2) is 52.9 Å². The van der Waals surface area contributed by atoms with Gasteiger partial charge in [-0.25, -0.2) is 4.68 Å². The Labute approximate surface area is 159 Å². The van der Waals surface area contributed by atoms with Crippen LogP contribution in [0.25, 0.3) is 0 Å². The minimum Gasteiger partial charge on any atom is -0.497 e. The molecule has 1 aromatic carbocycles. The third-order valence-electron chi connectivity index (χ3n) is 5.03.